The molecular formula is C27H27F4N3O2. The number of nitrogens with one attached hydrogen (secondary N) is 2. The van der Waals surface area contributed by atoms with Gasteiger partial charge in [-0.25, -0.2) is 14.2 Å². The molecular weight excluding hydrogens is 474 g/mol. The van der Waals surface area contributed by atoms with Crippen LogP contribution in [-0.4, -0.2) is 24.2 Å². The molecule has 190 valence electrons. The number of aromatic nitrogens is 1. The summed E-state index contributed by atoms with van der Waals surface area (Å²) in [6, 6.07) is 15.4. The zero-order chi connectivity index (χ0) is 25.8. The lowest BCUT2D eigenvalue weighted by Crippen LogP contribution is -2.54. The van der Waals surface area contributed by atoms with Crippen LogP contribution >= 0.6 is 0 Å². The highest BCUT2D eigenvalue weighted by molar-refractivity contribution is 5.76. The van der Waals surface area contributed by atoms with E-state index in [0.717, 1.165) is 37.8 Å². The Hall–Kier alpha value is -3.62. The summed E-state index contributed by atoms with van der Waals surface area (Å²) < 4.78 is 61.1. The quantitative estimate of drug-likeness (QED) is 0.392. The minimum Gasteiger partial charge on any atom is -0.481 e. The number of amides is 2. The van der Waals surface area contributed by atoms with E-state index in [1.54, 1.807) is 48.5 Å². The van der Waals surface area contributed by atoms with Gasteiger partial charge < -0.3 is 15.4 Å². The first-order valence-corrected chi connectivity index (χ1v) is 11.7. The van der Waals surface area contributed by atoms with Crippen molar-refractivity contribution in [3.8, 4) is 5.88 Å². The van der Waals surface area contributed by atoms with Gasteiger partial charge >= 0.3 is 12.2 Å². The van der Waals surface area contributed by atoms with Crippen LogP contribution in [0.5, 0.6) is 5.88 Å². The van der Waals surface area contributed by atoms with Gasteiger partial charge in [-0.3, -0.25) is 0 Å². The van der Waals surface area contributed by atoms with Gasteiger partial charge in [-0.2, -0.15) is 13.2 Å². The summed E-state index contributed by atoms with van der Waals surface area (Å²) in [5.41, 5.74) is -1.95. The molecule has 1 aliphatic rings. The number of pyridine rings is 1. The van der Waals surface area contributed by atoms with Crippen LogP contribution in [-0.2, 0) is 18.1 Å². The molecule has 1 atom stereocenters. The van der Waals surface area contributed by atoms with Gasteiger partial charge in [0.05, 0.1) is 18.4 Å². The number of rotatable bonds is 7. The molecule has 0 spiro atoms. The Balaban J connectivity index is 1.91. The molecule has 0 bridgehead atoms. The maximum Gasteiger partial charge on any atom is 0.416 e. The Bertz CT molecular complexity index is 1200. The number of hydrogen-bond acceptors (Lipinski definition) is 3. The zero-order valence-corrected chi connectivity index (χ0v) is 19.7. The van der Waals surface area contributed by atoms with Crippen LogP contribution in [0.15, 0.2) is 66.7 Å². The van der Waals surface area contributed by atoms with E-state index in [-0.39, 0.29) is 29.6 Å². The van der Waals surface area contributed by atoms with Crippen LogP contribution in [0.4, 0.5) is 22.4 Å². The fourth-order valence-electron chi connectivity index (χ4n) is 4.67. The minimum absolute atomic E-state index is 0.0207. The predicted molar refractivity (Wildman–Crippen MR) is 127 cm³/mol. The van der Waals surface area contributed by atoms with Gasteiger partial charge in [0.2, 0.25) is 5.88 Å². The first kappa shape index (κ1) is 25.5. The highest BCUT2D eigenvalue weighted by Crippen LogP contribution is 2.38. The molecule has 0 saturated heterocycles. The first-order chi connectivity index (χ1) is 17.2. The molecule has 0 aliphatic heterocycles. The van der Waals surface area contributed by atoms with Crippen molar-refractivity contribution in [2.24, 2.45) is 0 Å². The van der Waals surface area contributed by atoms with Gasteiger partial charge in [-0.1, -0.05) is 49.2 Å². The van der Waals surface area contributed by atoms with Crippen LogP contribution < -0.4 is 15.4 Å². The molecule has 5 nitrogen and oxygen atoms in total. The third-order valence-corrected chi connectivity index (χ3v) is 6.42. The first-order valence-electron chi connectivity index (χ1n) is 11.7. The number of nitrogens with zero attached hydrogens (tertiary/aromatic N) is 1. The van der Waals surface area contributed by atoms with E-state index >= 15 is 0 Å². The molecule has 0 unspecified atom stereocenters. The van der Waals surface area contributed by atoms with E-state index in [1.165, 1.54) is 7.11 Å². The monoisotopic (exact) mass is 501 g/mol. The van der Waals surface area contributed by atoms with E-state index in [4.69, 9.17) is 4.74 Å². The molecule has 1 aliphatic carbocycles. The number of methoxy groups -OCH3 is 1. The molecule has 2 aromatic carbocycles. The Labute approximate surface area is 206 Å². The van der Waals surface area contributed by atoms with Gasteiger partial charge in [0, 0.05) is 18.5 Å². The molecule has 9 heteroatoms. The number of carbonyl (C=O) groups is 1. The van der Waals surface area contributed by atoms with Crippen molar-refractivity contribution < 1.29 is 27.1 Å². The molecule has 4 rings (SSSR count). The van der Waals surface area contributed by atoms with Gasteiger partial charge in [0.25, 0.3) is 0 Å². The van der Waals surface area contributed by atoms with Crippen molar-refractivity contribution in [2.75, 3.05) is 7.11 Å². The third-order valence-electron chi connectivity index (χ3n) is 6.42. The summed E-state index contributed by atoms with van der Waals surface area (Å²) in [7, 11) is 1.41. The van der Waals surface area contributed by atoms with Gasteiger partial charge in [0.1, 0.15) is 11.4 Å². The van der Waals surface area contributed by atoms with Crippen molar-refractivity contribution in [1.29, 1.82) is 0 Å². The summed E-state index contributed by atoms with van der Waals surface area (Å²) in [4.78, 5) is 17.7. The smallest absolute Gasteiger partial charge is 0.416 e. The lowest BCUT2D eigenvalue weighted by atomic mass is 9.79. The van der Waals surface area contributed by atoms with E-state index in [1.807, 2.05) is 0 Å². The molecule has 1 saturated carbocycles. The molecule has 0 radical (unpaired) electrons. The minimum atomic E-state index is -4.79. The summed E-state index contributed by atoms with van der Waals surface area (Å²) in [5.74, 6) is -0.867. The zero-order valence-electron chi connectivity index (χ0n) is 19.7. The number of halogens is 4. The molecule has 1 aromatic heterocycles. The molecule has 1 fully saturated rings. The largest absolute Gasteiger partial charge is 0.481 e. The third kappa shape index (κ3) is 5.78. The molecule has 1 heterocycles. The lowest BCUT2D eigenvalue weighted by molar-refractivity contribution is -0.137. The van der Waals surface area contributed by atoms with Crippen LogP contribution in [0, 0.1) is 5.82 Å². The second-order valence-electron chi connectivity index (χ2n) is 8.94. The number of hydrogen-bond donors (Lipinski definition) is 2. The van der Waals surface area contributed by atoms with E-state index in [0.29, 0.717) is 11.6 Å². The number of benzene rings is 2. The fraction of sp³-hybridized carbons (Fsp3) is 0.333. The average molecular weight is 502 g/mol. The van der Waals surface area contributed by atoms with Crippen molar-refractivity contribution in [2.45, 2.75) is 49.9 Å². The van der Waals surface area contributed by atoms with Crippen molar-refractivity contribution in [3.05, 3.63) is 94.9 Å². The lowest BCUT2D eigenvalue weighted by Gasteiger charge is -2.36. The number of ether oxygens (including phenoxy) is 1. The highest BCUT2D eigenvalue weighted by atomic mass is 19.4. The van der Waals surface area contributed by atoms with E-state index in [9.17, 15) is 22.4 Å². The van der Waals surface area contributed by atoms with Crippen molar-refractivity contribution in [1.82, 2.24) is 15.6 Å². The fourth-order valence-corrected chi connectivity index (χ4v) is 4.67. The predicted octanol–water partition coefficient (Wildman–Crippen LogP) is 5.98. The Morgan fingerprint density at radius 3 is 2.36 bits per heavy atom. The van der Waals surface area contributed by atoms with Crippen LogP contribution in [0.3, 0.4) is 0 Å². The van der Waals surface area contributed by atoms with Gasteiger partial charge in [-0.15, -0.1) is 0 Å². The Morgan fingerprint density at radius 1 is 1.00 bits per heavy atom. The topological polar surface area (TPSA) is 63.2 Å². The second-order valence-corrected chi connectivity index (χ2v) is 8.94. The molecule has 3 aromatic rings. The summed E-state index contributed by atoms with van der Waals surface area (Å²) in [6.07, 6.45) is -1.17. The number of urea groups is 1. The SMILES string of the molecule is COc1cccc([C@@](Cc2ccccc2)(NC(=O)NC2CCCC2)c2cc(F)cc(C(F)(F)F)c2)n1. The maximum absolute atomic E-state index is 14.7. The molecule has 2 amide bonds. The normalized spacial score (nSPS) is 15.8. The van der Waals surface area contributed by atoms with Crippen LogP contribution in [0.2, 0.25) is 0 Å². The summed E-state index contributed by atoms with van der Waals surface area (Å²) in [6.45, 7) is 0. The molecule has 36 heavy (non-hydrogen) atoms. The Kier molecular flexibility index (Phi) is 7.47. The summed E-state index contributed by atoms with van der Waals surface area (Å²) >= 11 is 0. The van der Waals surface area contributed by atoms with Gasteiger partial charge in [-0.05, 0) is 48.2 Å². The van der Waals surface area contributed by atoms with Crippen molar-refractivity contribution in [3.63, 3.8) is 0 Å². The highest BCUT2D eigenvalue weighted by Gasteiger charge is 2.41. The Morgan fingerprint density at radius 2 is 1.69 bits per heavy atom. The second kappa shape index (κ2) is 10.6. The summed E-state index contributed by atoms with van der Waals surface area (Å²) in [5, 5.41) is 5.82. The van der Waals surface area contributed by atoms with Crippen molar-refractivity contribution >= 4 is 6.03 Å². The van der Waals surface area contributed by atoms with Crippen LogP contribution in [0.1, 0.15) is 48.1 Å². The average Bonchev–Trinajstić information content (AvgIpc) is 3.36. The standard InChI is InChI=1S/C27H27F4N3O2/c1-36-24-13-7-12-23(33-24)26(17-18-8-3-2-4-9-18,34-25(35)32-22-10-5-6-11-22)19-14-20(27(29,30)31)16-21(28)15-19/h2-4,7-9,12-16,22H,5-6,10-11,17H2,1H3,(H2,32,34,35)/t26-/m0/s1. The van der Waals surface area contributed by atoms with Gasteiger partial charge in [0.15, 0.2) is 0 Å². The van der Waals surface area contributed by atoms with Crippen LogP contribution in [0.25, 0.3) is 0 Å². The maximum atomic E-state index is 14.7. The number of alkyl halides is 3. The van der Waals surface area contributed by atoms with E-state index in [2.05, 4.69) is 15.6 Å². The van der Waals surface area contributed by atoms with E-state index < -0.39 is 29.1 Å². The molecule has 2 N–H and O–H groups in total. The number of carbonyl (C=O) groups excluding carboxylic acids is 1.